The minimum absolute atomic E-state index is 0.0351. The topological polar surface area (TPSA) is 70.7 Å². The van der Waals surface area contributed by atoms with Crippen LogP contribution in [0.2, 0.25) is 0 Å². The monoisotopic (exact) mass is 455 g/mol. The molecule has 7 heteroatoms. The first-order valence-electron chi connectivity index (χ1n) is 11.5. The molecule has 178 valence electrons. The van der Waals surface area contributed by atoms with Crippen molar-refractivity contribution in [2.45, 2.75) is 58.9 Å². The largest absolute Gasteiger partial charge is 0.372 e. The maximum absolute atomic E-state index is 14.9. The average Bonchev–Trinajstić information content (AvgIpc) is 2.75. The van der Waals surface area contributed by atoms with Gasteiger partial charge in [-0.2, -0.15) is 0 Å². The van der Waals surface area contributed by atoms with Crippen molar-refractivity contribution in [1.82, 2.24) is 10.6 Å². The zero-order chi connectivity index (χ0) is 24.0. The first kappa shape index (κ1) is 24.7. The van der Waals surface area contributed by atoms with E-state index >= 15 is 0 Å². The van der Waals surface area contributed by atoms with Crippen molar-refractivity contribution in [3.8, 4) is 0 Å². The van der Waals surface area contributed by atoms with Gasteiger partial charge in [-0.3, -0.25) is 9.59 Å². The number of amides is 2. The summed E-state index contributed by atoms with van der Waals surface area (Å²) in [6.07, 6.45) is 0.406. The molecule has 2 amide bonds. The molecule has 3 atom stereocenters. The molecule has 6 nitrogen and oxygen atoms in total. The summed E-state index contributed by atoms with van der Waals surface area (Å²) in [6.45, 7) is 9.29. The predicted molar refractivity (Wildman–Crippen MR) is 127 cm³/mol. The Morgan fingerprint density at radius 1 is 1.09 bits per heavy atom. The van der Waals surface area contributed by atoms with E-state index in [1.807, 2.05) is 56.9 Å². The van der Waals surface area contributed by atoms with Gasteiger partial charge < -0.3 is 20.3 Å². The fourth-order valence-corrected chi connectivity index (χ4v) is 4.12. The zero-order valence-electron chi connectivity index (χ0n) is 19.8. The Hall–Kier alpha value is -2.93. The van der Waals surface area contributed by atoms with Crippen molar-refractivity contribution >= 4 is 17.5 Å². The minimum Gasteiger partial charge on any atom is -0.372 e. The molecule has 3 rings (SSSR count). The van der Waals surface area contributed by atoms with Gasteiger partial charge in [-0.15, -0.1) is 0 Å². The lowest BCUT2D eigenvalue weighted by molar-refractivity contribution is -0.129. The van der Waals surface area contributed by atoms with Gasteiger partial charge in [0.15, 0.2) is 0 Å². The van der Waals surface area contributed by atoms with Crippen molar-refractivity contribution < 1.29 is 18.7 Å². The second kappa shape index (κ2) is 11.3. The summed E-state index contributed by atoms with van der Waals surface area (Å²) in [7, 11) is 0. The molecule has 1 saturated heterocycles. The molecule has 2 aromatic carbocycles. The second-order valence-corrected chi connectivity index (χ2v) is 9.18. The molecule has 0 radical (unpaired) electrons. The lowest BCUT2D eigenvalue weighted by Crippen LogP contribution is -2.45. The van der Waals surface area contributed by atoms with Crippen LogP contribution in [-0.2, 0) is 20.9 Å². The number of nitrogens with one attached hydrogen (secondary N) is 2. The number of morpholine rings is 1. The predicted octanol–water partition coefficient (Wildman–Crippen LogP) is 3.96. The molecule has 0 bridgehead atoms. The Morgan fingerprint density at radius 3 is 2.36 bits per heavy atom. The van der Waals surface area contributed by atoms with Crippen LogP contribution in [-0.4, -0.2) is 37.1 Å². The van der Waals surface area contributed by atoms with Crippen molar-refractivity contribution in [2.75, 3.05) is 18.0 Å². The van der Waals surface area contributed by atoms with Crippen LogP contribution in [0.4, 0.5) is 10.1 Å². The Balaban J connectivity index is 1.67. The third kappa shape index (κ3) is 7.02. The van der Waals surface area contributed by atoms with Crippen LogP contribution < -0.4 is 15.5 Å². The Kier molecular flexibility index (Phi) is 8.44. The van der Waals surface area contributed by atoms with Gasteiger partial charge >= 0.3 is 0 Å². The number of carbonyl (C=O) groups is 2. The second-order valence-electron chi connectivity index (χ2n) is 9.18. The summed E-state index contributed by atoms with van der Waals surface area (Å²) in [5.41, 5.74) is 1.89. The molecule has 1 heterocycles. The van der Waals surface area contributed by atoms with Crippen LogP contribution in [0.3, 0.4) is 0 Å². The standard InChI is InChI=1S/C26H34FN3O3/c1-17(2)12-24(31)29-25(21-8-6-5-7-9-21)26(32)28-14-20-10-11-23(22(27)13-20)30-15-18(3)33-19(4)16-30/h5-11,13,17-19,25H,12,14-16H2,1-4H3,(H,28,32)(H,29,31). The van der Waals surface area contributed by atoms with Crippen molar-refractivity contribution in [3.05, 3.63) is 65.5 Å². The number of nitrogens with zero attached hydrogens (tertiary/aromatic N) is 1. The summed E-state index contributed by atoms with van der Waals surface area (Å²) in [4.78, 5) is 27.3. The molecule has 33 heavy (non-hydrogen) atoms. The Morgan fingerprint density at radius 2 is 1.76 bits per heavy atom. The number of benzene rings is 2. The molecule has 0 spiro atoms. The number of halogens is 1. The SMILES string of the molecule is CC(C)CC(=O)NC(C(=O)NCc1ccc(N2CC(C)OC(C)C2)c(F)c1)c1ccccc1. The van der Waals surface area contributed by atoms with E-state index < -0.39 is 6.04 Å². The van der Waals surface area contributed by atoms with Gasteiger partial charge in [0.05, 0.1) is 17.9 Å². The van der Waals surface area contributed by atoms with Gasteiger partial charge in [0.25, 0.3) is 0 Å². The highest BCUT2D eigenvalue weighted by Gasteiger charge is 2.25. The van der Waals surface area contributed by atoms with E-state index in [-0.39, 0.29) is 42.3 Å². The number of hydrogen-bond donors (Lipinski definition) is 2. The number of ether oxygens (including phenoxy) is 1. The van der Waals surface area contributed by atoms with Crippen LogP contribution in [0, 0.1) is 11.7 Å². The number of carbonyl (C=O) groups excluding carboxylic acids is 2. The minimum atomic E-state index is -0.808. The van der Waals surface area contributed by atoms with Crippen molar-refractivity contribution in [3.63, 3.8) is 0 Å². The number of anilines is 1. The summed E-state index contributed by atoms with van der Waals surface area (Å²) in [5.74, 6) is -0.659. The quantitative estimate of drug-likeness (QED) is 0.632. The molecular formula is C26H34FN3O3. The van der Waals surface area contributed by atoms with E-state index in [2.05, 4.69) is 10.6 Å². The molecule has 0 saturated carbocycles. The molecular weight excluding hydrogens is 421 g/mol. The molecule has 2 N–H and O–H groups in total. The summed E-state index contributed by atoms with van der Waals surface area (Å²) < 4.78 is 20.6. The summed E-state index contributed by atoms with van der Waals surface area (Å²) >= 11 is 0. The van der Waals surface area contributed by atoms with E-state index in [4.69, 9.17) is 4.74 Å². The molecule has 0 aromatic heterocycles. The molecule has 2 aromatic rings. The van der Waals surface area contributed by atoms with Crippen molar-refractivity contribution in [1.29, 1.82) is 0 Å². The molecule has 0 aliphatic carbocycles. The van der Waals surface area contributed by atoms with Crippen LogP contribution in [0.1, 0.15) is 51.3 Å². The van der Waals surface area contributed by atoms with E-state index in [0.717, 1.165) is 0 Å². The first-order valence-corrected chi connectivity index (χ1v) is 11.5. The smallest absolute Gasteiger partial charge is 0.247 e. The third-order valence-electron chi connectivity index (χ3n) is 5.53. The normalized spacial score (nSPS) is 19.3. The van der Waals surface area contributed by atoms with Gasteiger partial charge in [0.2, 0.25) is 11.8 Å². The summed E-state index contributed by atoms with van der Waals surface area (Å²) in [6, 6.07) is 13.3. The van der Waals surface area contributed by atoms with Crippen LogP contribution >= 0.6 is 0 Å². The van der Waals surface area contributed by atoms with E-state index in [9.17, 15) is 14.0 Å². The Labute approximate surface area is 195 Å². The van der Waals surface area contributed by atoms with Gasteiger partial charge in [0, 0.05) is 26.1 Å². The van der Waals surface area contributed by atoms with Crippen LogP contribution in [0.15, 0.2) is 48.5 Å². The average molecular weight is 456 g/mol. The highest BCUT2D eigenvalue weighted by Crippen LogP contribution is 2.24. The maximum Gasteiger partial charge on any atom is 0.247 e. The Bertz CT molecular complexity index is 941. The van der Waals surface area contributed by atoms with Crippen LogP contribution in [0.5, 0.6) is 0 Å². The lowest BCUT2D eigenvalue weighted by atomic mass is 10.0. The zero-order valence-corrected chi connectivity index (χ0v) is 19.8. The van der Waals surface area contributed by atoms with Crippen molar-refractivity contribution in [2.24, 2.45) is 5.92 Å². The van der Waals surface area contributed by atoms with E-state index in [1.165, 1.54) is 6.07 Å². The number of hydrogen-bond acceptors (Lipinski definition) is 4. The van der Waals surface area contributed by atoms with E-state index in [0.29, 0.717) is 36.3 Å². The number of rotatable bonds is 8. The van der Waals surface area contributed by atoms with Gasteiger partial charge in [-0.25, -0.2) is 4.39 Å². The molecule has 1 aliphatic heterocycles. The van der Waals surface area contributed by atoms with Gasteiger partial charge in [-0.1, -0.05) is 50.2 Å². The van der Waals surface area contributed by atoms with E-state index in [1.54, 1.807) is 18.2 Å². The van der Waals surface area contributed by atoms with Gasteiger partial charge in [-0.05, 0) is 43.0 Å². The fraction of sp³-hybridized carbons (Fsp3) is 0.462. The molecule has 1 fully saturated rings. The summed E-state index contributed by atoms with van der Waals surface area (Å²) in [5, 5.41) is 5.67. The fourth-order valence-electron chi connectivity index (χ4n) is 4.12. The first-order chi connectivity index (χ1) is 15.7. The van der Waals surface area contributed by atoms with Crippen LogP contribution in [0.25, 0.3) is 0 Å². The highest BCUT2D eigenvalue weighted by atomic mass is 19.1. The molecule has 3 unspecified atom stereocenters. The lowest BCUT2D eigenvalue weighted by Gasteiger charge is -2.37. The van der Waals surface area contributed by atoms with Gasteiger partial charge in [0.1, 0.15) is 11.9 Å². The molecule has 1 aliphatic rings. The maximum atomic E-state index is 14.9. The third-order valence-corrected chi connectivity index (χ3v) is 5.53. The highest BCUT2D eigenvalue weighted by molar-refractivity contribution is 5.88.